The Morgan fingerprint density at radius 1 is 1.41 bits per heavy atom. The molecule has 2 heterocycles. The van der Waals surface area contributed by atoms with Gasteiger partial charge < -0.3 is 10.5 Å². The van der Waals surface area contributed by atoms with Gasteiger partial charge in [-0.2, -0.15) is 4.98 Å². The molecular weight excluding hydrogens is 234 g/mol. The minimum atomic E-state index is 0.277. The third-order valence-electron chi connectivity index (χ3n) is 2.47. The van der Waals surface area contributed by atoms with Crippen LogP contribution in [-0.4, -0.2) is 16.6 Å². The van der Waals surface area contributed by atoms with Crippen molar-refractivity contribution in [1.82, 2.24) is 9.97 Å². The molecule has 2 aromatic heterocycles. The molecular formula is C12H17N3OS. The fourth-order valence-electron chi connectivity index (χ4n) is 1.61. The summed E-state index contributed by atoms with van der Waals surface area (Å²) >= 11 is 1.55. The third-order valence-corrected chi connectivity index (χ3v) is 3.28. The first kappa shape index (κ1) is 12.1. The molecule has 0 radical (unpaired) electrons. The number of rotatable bonds is 5. The molecule has 5 heteroatoms. The predicted octanol–water partition coefficient (Wildman–Crippen LogP) is 3.09. The van der Waals surface area contributed by atoms with E-state index in [-0.39, 0.29) is 5.95 Å². The number of anilines is 1. The lowest BCUT2D eigenvalue weighted by molar-refractivity contribution is 0.291. The van der Waals surface area contributed by atoms with Crippen molar-refractivity contribution in [1.29, 1.82) is 0 Å². The first-order valence-electron chi connectivity index (χ1n) is 5.80. The molecule has 0 saturated carbocycles. The summed E-state index contributed by atoms with van der Waals surface area (Å²) in [6.07, 6.45) is 2.19. The second kappa shape index (κ2) is 5.31. The number of ether oxygens (including phenoxy) is 1. The van der Waals surface area contributed by atoms with E-state index >= 15 is 0 Å². The first-order chi connectivity index (χ1) is 8.16. The van der Waals surface area contributed by atoms with Crippen LogP contribution in [0.3, 0.4) is 0 Å². The smallest absolute Gasteiger partial charge is 0.227 e. The lowest BCUT2D eigenvalue weighted by Crippen LogP contribution is -2.03. The summed E-state index contributed by atoms with van der Waals surface area (Å²) in [6, 6.07) is 1.97. The highest BCUT2D eigenvalue weighted by molar-refractivity contribution is 7.16. The summed E-state index contributed by atoms with van der Waals surface area (Å²) in [7, 11) is 0. The maximum atomic E-state index is 5.68. The summed E-state index contributed by atoms with van der Waals surface area (Å²) in [5.74, 6) is 1.59. The minimum absolute atomic E-state index is 0.277. The molecule has 0 aliphatic rings. The van der Waals surface area contributed by atoms with E-state index in [0.29, 0.717) is 18.4 Å². The predicted molar refractivity (Wildman–Crippen MR) is 71.4 cm³/mol. The Balaban J connectivity index is 2.04. The zero-order chi connectivity index (χ0) is 12.3. The maximum Gasteiger partial charge on any atom is 0.227 e. The van der Waals surface area contributed by atoms with Crippen molar-refractivity contribution >= 4 is 27.5 Å². The second-order valence-corrected chi connectivity index (χ2v) is 5.31. The molecule has 2 N–H and O–H groups in total. The van der Waals surface area contributed by atoms with Gasteiger partial charge in [-0.25, -0.2) is 4.98 Å². The quantitative estimate of drug-likeness (QED) is 0.829. The summed E-state index contributed by atoms with van der Waals surface area (Å²) < 4.78 is 5.68. The molecule has 17 heavy (non-hydrogen) atoms. The maximum absolute atomic E-state index is 5.68. The van der Waals surface area contributed by atoms with Crippen molar-refractivity contribution < 1.29 is 4.74 Å². The van der Waals surface area contributed by atoms with Gasteiger partial charge >= 0.3 is 0 Å². The van der Waals surface area contributed by atoms with E-state index in [1.807, 2.05) is 11.4 Å². The van der Waals surface area contributed by atoms with Gasteiger partial charge in [0.15, 0.2) is 0 Å². The van der Waals surface area contributed by atoms with Crippen molar-refractivity contribution in [2.45, 2.75) is 26.7 Å². The number of hydrogen-bond donors (Lipinski definition) is 1. The van der Waals surface area contributed by atoms with Crippen molar-refractivity contribution in [3.05, 3.63) is 11.4 Å². The van der Waals surface area contributed by atoms with E-state index in [9.17, 15) is 0 Å². The van der Waals surface area contributed by atoms with Crippen molar-refractivity contribution in [3.63, 3.8) is 0 Å². The van der Waals surface area contributed by atoms with Gasteiger partial charge in [0.2, 0.25) is 11.8 Å². The Morgan fingerprint density at radius 2 is 2.24 bits per heavy atom. The summed E-state index contributed by atoms with van der Waals surface area (Å²) in [4.78, 5) is 9.18. The van der Waals surface area contributed by atoms with Crippen LogP contribution in [0.15, 0.2) is 11.4 Å². The molecule has 0 spiro atoms. The molecule has 2 rings (SSSR count). The van der Waals surface area contributed by atoms with Gasteiger partial charge in [-0.3, -0.25) is 0 Å². The third kappa shape index (κ3) is 3.06. The molecule has 0 aliphatic heterocycles. The Kier molecular flexibility index (Phi) is 3.78. The van der Waals surface area contributed by atoms with E-state index in [0.717, 1.165) is 23.1 Å². The molecule has 0 aliphatic carbocycles. The van der Waals surface area contributed by atoms with Crippen molar-refractivity contribution in [3.8, 4) is 5.88 Å². The van der Waals surface area contributed by atoms with Gasteiger partial charge in [0.05, 0.1) is 12.0 Å². The fraction of sp³-hybridized carbons (Fsp3) is 0.500. The Labute approximate surface area is 105 Å². The molecule has 0 bridgehead atoms. The molecule has 0 aromatic carbocycles. The van der Waals surface area contributed by atoms with E-state index in [4.69, 9.17) is 10.5 Å². The van der Waals surface area contributed by atoms with Gasteiger partial charge in [-0.15, -0.1) is 11.3 Å². The van der Waals surface area contributed by atoms with Gasteiger partial charge in [-0.05, 0) is 30.2 Å². The van der Waals surface area contributed by atoms with Crippen molar-refractivity contribution in [2.24, 2.45) is 5.92 Å². The van der Waals surface area contributed by atoms with Gasteiger partial charge in [0.1, 0.15) is 4.83 Å². The van der Waals surface area contributed by atoms with Crippen LogP contribution in [0, 0.1) is 5.92 Å². The average molecular weight is 251 g/mol. The largest absolute Gasteiger partial charge is 0.477 e. The number of thiophene rings is 1. The number of nitrogens with zero attached hydrogens (tertiary/aromatic N) is 2. The van der Waals surface area contributed by atoms with Crippen LogP contribution < -0.4 is 10.5 Å². The molecule has 0 fully saturated rings. The monoisotopic (exact) mass is 251 g/mol. The van der Waals surface area contributed by atoms with E-state index in [1.54, 1.807) is 11.3 Å². The number of nitrogens with two attached hydrogens (primary N) is 1. The fourth-order valence-corrected chi connectivity index (χ4v) is 2.38. The zero-order valence-electron chi connectivity index (χ0n) is 10.1. The first-order valence-corrected chi connectivity index (χ1v) is 6.68. The second-order valence-electron chi connectivity index (χ2n) is 4.41. The van der Waals surface area contributed by atoms with Gasteiger partial charge in [0.25, 0.3) is 0 Å². The lowest BCUT2D eigenvalue weighted by Gasteiger charge is -2.08. The molecule has 0 saturated heterocycles. The van der Waals surface area contributed by atoms with E-state index in [1.165, 1.54) is 0 Å². The summed E-state index contributed by atoms with van der Waals surface area (Å²) in [5, 5.41) is 2.92. The topological polar surface area (TPSA) is 61.0 Å². The number of nitrogen functional groups attached to an aromatic ring is 1. The van der Waals surface area contributed by atoms with Crippen LogP contribution in [0.25, 0.3) is 10.2 Å². The lowest BCUT2D eigenvalue weighted by atomic mass is 10.1. The molecule has 4 nitrogen and oxygen atoms in total. The van der Waals surface area contributed by atoms with Crippen LogP contribution in [0.4, 0.5) is 5.95 Å². The number of fused-ring (bicyclic) bond motifs is 1. The number of hydrogen-bond acceptors (Lipinski definition) is 5. The average Bonchev–Trinajstić information content (AvgIpc) is 2.71. The summed E-state index contributed by atoms with van der Waals surface area (Å²) in [5.41, 5.74) is 5.64. The van der Waals surface area contributed by atoms with Crippen molar-refractivity contribution in [2.75, 3.05) is 12.3 Å². The van der Waals surface area contributed by atoms with Crippen LogP contribution in [0.1, 0.15) is 26.7 Å². The summed E-state index contributed by atoms with van der Waals surface area (Å²) in [6.45, 7) is 5.10. The highest BCUT2D eigenvalue weighted by Crippen LogP contribution is 2.27. The van der Waals surface area contributed by atoms with Gasteiger partial charge in [0, 0.05) is 0 Å². The van der Waals surface area contributed by atoms with Gasteiger partial charge in [-0.1, -0.05) is 13.8 Å². The molecule has 0 amide bonds. The molecule has 0 atom stereocenters. The SMILES string of the molecule is CC(C)CCCOc1nc(N)nc2sccc12. The molecule has 0 unspecified atom stereocenters. The zero-order valence-corrected chi connectivity index (χ0v) is 11.0. The van der Waals surface area contributed by atoms with E-state index < -0.39 is 0 Å². The Hall–Kier alpha value is -1.36. The Morgan fingerprint density at radius 3 is 3.00 bits per heavy atom. The minimum Gasteiger partial charge on any atom is -0.477 e. The highest BCUT2D eigenvalue weighted by Gasteiger charge is 2.08. The molecule has 2 aromatic rings. The number of aromatic nitrogens is 2. The van der Waals surface area contributed by atoms with Crippen LogP contribution in [0.2, 0.25) is 0 Å². The highest BCUT2D eigenvalue weighted by atomic mass is 32.1. The van der Waals surface area contributed by atoms with E-state index in [2.05, 4.69) is 23.8 Å². The standard InChI is InChI=1S/C12H17N3OS/c1-8(2)4-3-6-16-10-9-5-7-17-11(9)15-12(13)14-10/h5,7-8H,3-4,6H2,1-2H3,(H2,13,14,15). The van der Waals surface area contributed by atoms with Crippen LogP contribution >= 0.6 is 11.3 Å². The van der Waals surface area contributed by atoms with Crippen LogP contribution in [0.5, 0.6) is 5.88 Å². The normalized spacial score (nSPS) is 11.2. The Bertz CT molecular complexity index is 495. The molecule has 92 valence electrons. The van der Waals surface area contributed by atoms with Crippen LogP contribution in [-0.2, 0) is 0 Å².